The lowest BCUT2D eigenvalue weighted by atomic mass is 10.1. The van der Waals surface area contributed by atoms with Crippen LogP contribution in [0, 0.1) is 10.1 Å². The minimum absolute atomic E-state index is 0.0724. The van der Waals surface area contributed by atoms with Crippen molar-refractivity contribution in [1.29, 1.82) is 0 Å². The Hall–Kier alpha value is -1.91. The molecule has 0 saturated carbocycles. The van der Waals surface area contributed by atoms with Gasteiger partial charge in [-0.3, -0.25) is 14.9 Å². The van der Waals surface area contributed by atoms with Gasteiger partial charge in [-0.1, -0.05) is 6.92 Å². The highest BCUT2D eigenvalue weighted by atomic mass is 16.6. The number of carbonyl (C=O) groups is 1. The van der Waals surface area contributed by atoms with E-state index < -0.39 is 4.92 Å². The number of benzene rings is 1. The van der Waals surface area contributed by atoms with E-state index in [9.17, 15) is 14.9 Å². The monoisotopic (exact) mass is 208 g/mol. The van der Waals surface area contributed by atoms with Crippen molar-refractivity contribution in [3.8, 4) is 0 Å². The van der Waals surface area contributed by atoms with Crippen LogP contribution in [0.15, 0.2) is 18.2 Å². The van der Waals surface area contributed by atoms with Gasteiger partial charge in [0.05, 0.1) is 4.92 Å². The van der Waals surface area contributed by atoms with Crippen LogP contribution in [-0.4, -0.2) is 17.8 Å². The Kier molecular flexibility index (Phi) is 3.38. The summed E-state index contributed by atoms with van der Waals surface area (Å²) in [4.78, 5) is 21.5. The first-order valence-corrected chi connectivity index (χ1v) is 4.59. The molecule has 1 rings (SSSR count). The van der Waals surface area contributed by atoms with E-state index >= 15 is 0 Å². The molecule has 1 aromatic carbocycles. The molecule has 0 heterocycles. The molecule has 0 aromatic heterocycles. The van der Waals surface area contributed by atoms with Crippen LogP contribution in [-0.2, 0) is 0 Å². The minimum atomic E-state index is -0.502. The Morgan fingerprint density at radius 2 is 2.20 bits per heavy atom. The molecule has 0 radical (unpaired) electrons. The van der Waals surface area contributed by atoms with Gasteiger partial charge in [0, 0.05) is 25.1 Å². The minimum Gasteiger partial charge on any atom is -0.383 e. The summed E-state index contributed by atoms with van der Waals surface area (Å²) in [6.07, 6.45) is 0.343. The second kappa shape index (κ2) is 4.54. The number of carbonyl (C=O) groups excluding carboxylic acids is 1. The van der Waals surface area contributed by atoms with Crippen molar-refractivity contribution in [2.45, 2.75) is 13.3 Å². The van der Waals surface area contributed by atoms with E-state index in [2.05, 4.69) is 5.32 Å². The van der Waals surface area contributed by atoms with Crippen LogP contribution in [0.4, 0.5) is 11.4 Å². The number of anilines is 1. The predicted molar refractivity (Wildman–Crippen MR) is 57.3 cm³/mol. The van der Waals surface area contributed by atoms with Crippen molar-refractivity contribution in [3.05, 3.63) is 33.9 Å². The molecule has 0 aliphatic rings. The summed E-state index contributed by atoms with van der Waals surface area (Å²) >= 11 is 0. The summed E-state index contributed by atoms with van der Waals surface area (Å²) in [5.41, 5.74) is 0.715. The standard InChI is InChI=1S/C10H12N2O3/c1-3-10(13)7-4-5-8(11-2)9(6-7)12(14)15/h4-6,11H,3H2,1-2H3. The second-order valence-electron chi connectivity index (χ2n) is 3.02. The molecule has 0 saturated heterocycles. The largest absolute Gasteiger partial charge is 0.383 e. The number of nitrogens with zero attached hydrogens (tertiary/aromatic N) is 1. The number of nitrogens with one attached hydrogen (secondary N) is 1. The number of hydrogen-bond donors (Lipinski definition) is 1. The summed E-state index contributed by atoms with van der Waals surface area (Å²) < 4.78 is 0. The maximum atomic E-state index is 11.3. The van der Waals surface area contributed by atoms with Gasteiger partial charge in [-0.15, -0.1) is 0 Å². The fourth-order valence-corrected chi connectivity index (χ4v) is 1.27. The van der Waals surface area contributed by atoms with Crippen molar-refractivity contribution in [3.63, 3.8) is 0 Å². The number of hydrogen-bond acceptors (Lipinski definition) is 4. The molecule has 80 valence electrons. The summed E-state index contributed by atoms with van der Waals surface area (Å²) in [7, 11) is 1.60. The molecule has 5 heteroatoms. The van der Waals surface area contributed by atoms with Crippen LogP contribution in [0.25, 0.3) is 0 Å². The van der Waals surface area contributed by atoms with E-state index in [-0.39, 0.29) is 11.5 Å². The predicted octanol–water partition coefficient (Wildman–Crippen LogP) is 2.23. The first-order chi connectivity index (χ1) is 7.10. The Balaban J connectivity index is 3.22. The van der Waals surface area contributed by atoms with Gasteiger partial charge < -0.3 is 5.32 Å². The number of ketones is 1. The topological polar surface area (TPSA) is 72.2 Å². The van der Waals surface area contributed by atoms with Crippen LogP contribution in [0.2, 0.25) is 0 Å². The molecule has 1 aromatic rings. The summed E-state index contributed by atoms with van der Waals surface area (Å²) in [5.74, 6) is -0.0965. The summed E-state index contributed by atoms with van der Waals surface area (Å²) in [6, 6.07) is 4.43. The lowest BCUT2D eigenvalue weighted by molar-refractivity contribution is -0.384. The molecule has 0 spiro atoms. The Bertz CT molecular complexity index is 402. The molecule has 15 heavy (non-hydrogen) atoms. The van der Waals surface area contributed by atoms with Gasteiger partial charge in [0.1, 0.15) is 5.69 Å². The Labute approximate surface area is 87.3 Å². The van der Waals surface area contributed by atoms with E-state index in [1.54, 1.807) is 26.1 Å². The molecule has 5 nitrogen and oxygen atoms in total. The normalized spacial score (nSPS) is 9.73. The smallest absolute Gasteiger partial charge is 0.293 e. The van der Waals surface area contributed by atoms with Crippen LogP contribution >= 0.6 is 0 Å². The fraction of sp³-hybridized carbons (Fsp3) is 0.300. The molecule has 0 aliphatic carbocycles. The number of nitro benzene ring substituents is 1. The molecule has 1 N–H and O–H groups in total. The van der Waals surface area contributed by atoms with Crippen LogP contribution < -0.4 is 5.32 Å². The number of rotatable bonds is 4. The first kappa shape index (κ1) is 11.2. The van der Waals surface area contributed by atoms with E-state index in [4.69, 9.17) is 0 Å². The van der Waals surface area contributed by atoms with Crippen molar-refractivity contribution in [2.24, 2.45) is 0 Å². The molecule has 0 atom stereocenters. The second-order valence-corrected chi connectivity index (χ2v) is 3.02. The number of Topliss-reactive ketones (excluding diaryl/α,β-unsaturated/α-hetero) is 1. The highest BCUT2D eigenvalue weighted by molar-refractivity contribution is 5.97. The van der Waals surface area contributed by atoms with Crippen LogP contribution in [0.5, 0.6) is 0 Å². The molecule has 0 unspecified atom stereocenters. The maximum absolute atomic E-state index is 11.3. The van der Waals surface area contributed by atoms with E-state index in [0.29, 0.717) is 17.7 Å². The van der Waals surface area contributed by atoms with E-state index in [1.165, 1.54) is 6.07 Å². The van der Waals surface area contributed by atoms with Gasteiger partial charge in [-0.05, 0) is 12.1 Å². The zero-order valence-electron chi connectivity index (χ0n) is 8.61. The van der Waals surface area contributed by atoms with Crippen molar-refractivity contribution in [1.82, 2.24) is 0 Å². The molecule has 0 fully saturated rings. The van der Waals surface area contributed by atoms with Gasteiger partial charge in [0.25, 0.3) is 5.69 Å². The summed E-state index contributed by atoms with van der Waals surface area (Å²) in [6.45, 7) is 1.72. The lowest BCUT2D eigenvalue weighted by Gasteiger charge is -2.03. The molecule has 0 aliphatic heterocycles. The Morgan fingerprint density at radius 3 is 2.67 bits per heavy atom. The average Bonchev–Trinajstić information content (AvgIpc) is 2.27. The Morgan fingerprint density at radius 1 is 1.53 bits per heavy atom. The van der Waals surface area contributed by atoms with Crippen LogP contribution in [0.3, 0.4) is 0 Å². The van der Waals surface area contributed by atoms with Crippen molar-refractivity contribution >= 4 is 17.2 Å². The molecular weight excluding hydrogens is 196 g/mol. The third-order valence-electron chi connectivity index (χ3n) is 2.11. The van der Waals surface area contributed by atoms with Crippen LogP contribution in [0.1, 0.15) is 23.7 Å². The molecule has 0 bridgehead atoms. The number of nitro groups is 1. The first-order valence-electron chi connectivity index (χ1n) is 4.59. The van der Waals surface area contributed by atoms with E-state index in [1.807, 2.05) is 0 Å². The SMILES string of the molecule is CCC(=O)c1ccc(NC)c([N+](=O)[O-])c1. The van der Waals surface area contributed by atoms with Crippen molar-refractivity contribution in [2.75, 3.05) is 12.4 Å². The highest BCUT2D eigenvalue weighted by Crippen LogP contribution is 2.25. The quantitative estimate of drug-likeness (QED) is 0.468. The fourth-order valence-electron chi connectivity index (χ4n) is 1.27. The zero-order valence-corrected chi connectivity index (χ0v) is 8.61. The lowest BCUT2D eigenvalue weighted by Crippen LogP contribution is -2.01. The maximum Gasteiger partial charge on any atom is 0.293 e. The van der Waals surface area contributed by atoms with E-state index in [0.717, 1.165) is 0 Å². The van der Waals surface area contributed by atoms with Crippen molar-refractivity contribution < 1.29 is 9.72 Å². The van der Waals surface area contributed by atoms with Gasteiger partial charge >= 0.3 is 0 Å². The third-order valence-corrected chi connectivity index (χ3v) is 2.11. The van der Waals surface area contributed by atoms with Gasteiger partial charge in [0.2, 0.25) is 0 Å². The van der Waals surface area contributed by atoms with Gasteiger partial charge in [0.15, 0.2) is 5.78 Å². The summed E-state index contributed by atoms with van der Waals surface area (Å²) in [5, 5.41) is 13.4. The average molecular weight is 208 g/mol. The molecular formula is C10H12N2O3. The van der Waals surface area contributed by atoms with Gasteiger partial charge in [-0.2, -0.15) is 0 Å². The third kappa shape index (κ3) is 2.31. The zero-order chi connectivity index (χ0) is 11.4. The highest BCUT2D eigenvalue weighted by Gasteiger charge is 2.15. The molecule has 0 amide bonds. The van der Waals surface area contributed by atoms with Gasteiger partial charge in [-0.25, -0.2) is 0 Å².